The highest BCUT2D eigenvalue weighted by molar-refractivity contribution is 6.36. The van der Waals surface area contributed by atoms with Gasteiger partial charge in [0.1, 0.15) is 0 Å². The highest BCUT2D eigenvalue weighted by atomic mass is 35.5. The van der Waals surface area contributed by atoms with Gasteiger partial charge in [-0.1, -0.05) is 66.5 Å². The third-order valence-electron chi connectivity index (χ3n) is 5.53. The largest absolute Gasteiger partial charge is 0.321 e. The Balaban J connectivity index is 1.91. The Hall–Kier alpha value is -2.88. The van der Waals surface area contributed by atoms with E-state index in [1.807, 2.05) is 62.4 Å². The van der Waals surface area contributed by atoms with Gasteiger partial charge < -0.3 is 5.32 Å². The molecular weight excluding hydrogens is 427 g/mol. The van der Waals surface area contributed by atoms with E-state index in [-0.39, 0.29) is 5.91 Å². The SMILES string of the molecule is CCc1cccc(C)c1NC(=O)c1c(C)c(-c2ccc(Cl)cc2Cl)nc2ccccc12. The first-order valence-electron chi connectivity index (χ1n) is 10.1. The molecule has 0 aliphatic rings. The number of nitrogens with one attached hydrogen (secondary N) is 1. The number of carbonyl (C=O) groups excluding carboxylic acids is 1. The maximum Gasteiger partial charge on any atom is 0.256 e. The number of halogens is 2. The number of aryl methyl sites for hydroxylation is 2. The normalized spacial score (nSPS) is 11.0. The summed E-state index contributed by atoms with van der Waals surface area (Å²) in [5, 5.41) is 5.01. The molecule has 0 saturated heterocycles. The van der Waals surface area contributed by atoms with Gasteiger partial charge in [0.2, 0.25) is 0 Å². The van der Waals surface area contributed by atoms with Crippen molar-refractivity contribution < 1.29 is 4.79 Å². The van der Waals surface area contributed by atoms with Gasteiger partial charge in [0, 0.05) is 21.7 Å². The Morgan fingerprint density at radius 3 is 2.52 bits per heavy atom. The molecule has 156 valence electrons. The van der Waals surface area contributed by atoms with E-state index in [1.165, 1.54) is 0 Å². The summed E-state index contributed by atoms with van der Waals surface area (Å²) in [7, 11) is 0. The van der Waals surface area contributed by atoms with Crippen LogP contribution in [-0.4, -0.2) is 10.9 Å². The van der Waals surface area contributed by atoms with Gasteiger partial charge in [-0.3, -0.25) is 4.79 Å². The molecule has 0 saturated carbocycles. The van der Waals surface area contributed by atoms with Crippen LogP contribution in [0.25, 0.3) is 22.2 Å². The molecule has 0 unspecified atom stereocenters. The van der Waals surface area contributed by atoms with Crippen molar-refractivity contribution in [3.05, 3.63) is 93.0 Å². The van der Waals surface area contributed by atoms with Gasteiger partial charge in [-0.2, -0.15) is 0 Å². The molecule has 1 aromatic heterocycles. The van der Waals surface area contributed by atoms with Crippen molar-refractivity contribution in [1.29, 1.82) is 0 Å². The summed E-state index contributed by atoms with van der Waals surface area (Å²) >= 11 is 12.6. The Kier molecular flexibility index (Phi) is 5.99. The van der Waals surface area contributed by atoms with Gasteiger partial charge in [0.25, 0.3) is 5.91 Å². The van der Waals surface area contributed by atoms with E-state index >= 15 is 0 Å². The predicted molar refractivity (Wildman–Crippen MR) is 130 cm³/mol. The van der Waals surface area contributed by atoms with Gasteiger partial charge in [-0.25, -0.2) is 4.98 Å². The second-order valence-electron chi connectivity index (χ2n) is 7.52. The third kappa shape index (κ3) is 4.04. The highest BCUT2D eigenvalue weighted by Gasteiger charge is 2.21. The van der Waals surface area contributed by atoms with Crippen LogP contribution in [0.1, 0.15) is 34.0 Å². The molecule has 0 aliphatic carbocycles. The van der Waals surface area contributed by atoms with Crippen molar-refractivity contribution in [2.75, 3.05) is 5.32 Å². The van der Waals surface area contributed by atoms with E-state index in [0.717, 1.165) is 45.3 Å². The van der Waals surface area contributed by atoms with E-state index in [1.54, 1.807) is 12.1 Å². The second kappa shape index (κ2) is 8.70. The zero-order valence-electron chi connectivity index (χ0n) is 17.6. The Bertz CT molecular complexity index is 1310. The third-order valence-corrected chi connectivity index (χ3v) is 6.08. The molecule has 0 bridgehead atoms. The van der Waals surface area contributed by atoms with Crippen molar-refractivity contribution in [3.8, 4) is 11.3 Å². The Labute approximate surface area is 192 Å². The quantitative estimate of drug-likeness (QED) is 0.348. The van der Waals surface area contributed by atoms with Crippen molar-refractivity contribution in [1.82, 2.24) is 4.98 Å². The molecule has 4 rings (SSSR count). The smallest absolute Gasteiger partial charge is 0.256 e. The first-order chi connectivity index (χ1) is 14.9. The van der Waals surface area contributed by atoms with Crippen LogP contribution in [-0.2, 0) is 6.42 Å². The summed E-state index contributed by atoms with van der Waals surface area (Å²) in [6, 6.07) is 19.0. The second-order valence-corrected chi connectivity index (χ2v) is 8.36. The van der Waals surface area contributed by atoms with Crippen molar-refractivity contribution in [2.45, 2.75) is 27.2 Å². The number of nitrogens with zero attached hydrogens (tertiary/aromatic N) is 1. The van der Waals surface area contributed by atoms with Crippen molar-refractivity contribution in [3.63, 3.8) is 0 Å². The topological polar surface area (TPSA) is 42.0 Å². The van der Waals surface area contributed by atoms with E-state index < -0.39 is 0 Å². The number of pyridine rings is 1. The van der Waals surface area contributed by atoms with Crippen LogP contribution in [0.15, 0.2) is 60.7 Å². The van der Waals surface area contributed by atoms with Crippen LogP contribution in [0.2, 0.25) is 10.0 Å². The van der Waals surface area contributed by atoms with Crippen LogP contribution < -0.4 is 5.32 Å². The minimum atomic E-state index is -0.161. The molecule has 0 spiro atoms. The fraction of sp³-hybridized carbons (Fsp3) is 0.154. The zero-order chi connectivity index (χ0) is 22.1. The molecule has 31 heavy (non-hydrogen) atoms. The lowest BCUT2D eigenvalue weighted by Gasteiger charge is -2.17. The number of carbonyl (C=O) groups is 1. The maximum atomic E-state index is 13.6. The molecule has 0 atom stereocenters. The van der Waals surface area contributed by atoms with Crippen LogP contribution in [0.3, 0.4) is 0 Å². The standard InChI is InChI=1S/C26H22Cl2N2O/c1-4-17-9-7-8-15(2)24(17)30-26(31)23-16(3)25(19-13-12-18(27)14-21(19)28)29-22-11-6-5-10-20(22)23/h5-14H,4H2,1-3H3,(H,30,31). The van der Waals surface area contributed by atoms with Gasteiger partial charge in [-0.05, 0) is 61.2 Å². The number of anilines is 1. The summed E-state index contributed by atoms with van der Waals surface area (Å²) in [4.78, 5) is 18.4. The predicted octanol–water partition coefficient (Wildman–Crippen LogP) is 7.64. The first kappa shape index (κ1) is 21.4. The lowest BCUT2D eigenvalue weighted by molar-refractivity contribution is 0.102. The number of fused-ring (bicyclic) bond motifs is 1. The molecule has 1 heterocycles. The number of aromatic nitrogens is 1. The Morgan fingerprint density at radius 2 is 1.77 bits per heavy atom. The lowest BCUT2D eigenvalue weighted by atomic mass is 9.96. The average molecular weight is 449 g/mol. The van der Waals surface area contributed by atoms with Gasteiger partial charge in [-0.15, -0.1) is 0 Å². The summed E-state index contributed by atoms with van der Waals surface area (Å²) in [6.45, 7) is 6.00. The van der Waals surface area contributed by atoms with E-state index in [9.17, 15) is 4.79 Å². The van der Waals surface area contributed by atoms with Crippen LogP contribution in [0.4, 0.5) is 5.69 Å². The molecule has 4 aromatic rings. The summed E-state index contributed by atoms with van der Waals surface area (Å²) in [5.41, 5.74) is 6.51. The zero-order valence-corrected chi connectivity index (χ0v) is 19.1. The fourth-order valence-electron chi connectivity index (χ4n) is 3.92. The monoisotopic (exact) mass is 448 g/mol. The molecule has 1 amide bonds. The number of benzene rings is 3. The van der Waals surface area contributed by atoms with Crippen LogP contribution >= 0.6 is 23.2 Å². The lowest BCUT2D eigenvalue weighted by Crippen LogP contribution is -2.17. The maximum absolute atomic E-state index is 13.6. The molecule has 3 aromatic carbocycles. The van der Waals surface area contributed by atoms with Gasteiger partial charge in [0.15, 0.2) is 0 Å². The summed E-state index contributed by atoms with van der Waals surface area (Å²) in [6.07, 6.45) is 0.832. The van der Waals surface area contributed by atoms with Gasteiger partial charge >= 0.3 is 0 Å². The minimum Gasteiger partial charge on any atom is -0.321 e. The fourth-order valence-corrected chi connectivity index (χ4v) is 4.42. The Morgan fingerprint density at radius 1 is 1.00 bits per heavy atom. The molecule has 3 nitrogen and oxygen atoms in total. The molecule has 5 heteroatoms. The minimum absolute atomic E-state index is 0.161. The number of hydrogen-bond acceptors (Lipinski definition) is 2. The number of rotatable bonds is 4. The van der Waals surface area contributed by atoms with Crippen LogP contribution in [0, 0.1) is 13.8 Å². The molecule has 1 N–H and O–H groups in total. The first-order valence-corrected chi connectivity index (χ1v) is 10.9. The number of para-hydroxylation sites is 2. The summed E-state index contributed by atoms with van der Waals surface area (Å²) in [5.74, 6) is -0.161. The van der Waals surface area contributed by atoms with E-state index in [2.05, 4.69) is 12.2 Å². The molecule has 0 aliphatic heterocycles. The van der Waals surface area contributed by atoms with E-state index in [4.69, 9.17) is 28.2 Å². The number of amides is 1. The molecule has 0 radical (unpaired) electrons. The average Bonchev–Trinajstić information content (AvgIpc) is 2.75. The number of hydrogen-bond donors (Lipinski definition) is 1. The van der Waals surface area contributed by atoms with Crippen molar-refractivity contribution >= 4 is 45.7 Å². The van der Waals surface area contributed by atoms with Gasteiger partial charge in [0.05, 0.1) is 21.8 Å². The molecular formula is C26H22Cl2N2O. The summed E-state index contributed by atoms with van der Waals surface area (Å²) < 4.78 is 0. The van der Waals surface area contributed by atoms with Crippen LogP contribution in [0.5, 0.6) is 0 Å². The highest BCUT2D eigenvalue weighted by Crippen LogP contribution is 2.35. The van der Waals surface area contributed by atoms with E-state index in [0.29, 0.717) is 21.3 Å². The molecule has 0 fully saturated rings. The van der Waals surface area contributed by atoms with Crippen molar-refractivity contribution in [2.24, 2.45) is 0 Å².